The van der Waals surface area contributed by atoms with E-state index in [9.17, 15) is 14.7 Å². The highest BCUT2D eigenvalue weighted by molar-refractivity contribution is 14.1. The summed E-state index contributed by atoms with van der Waals surface area (Å²) in [7, 11) is 1.46. The third kappa shape index (κ3) is 5.13. The van der Waals surface area contributed by atoms with E-state index >= 15 is 0 Å². The lowest BCUT2D eigenvalue weighted by molar-refractivity contribution is -0.216. The van der Waals surface area contributed by atoms with Gasteiger partial charge >= 0.3 is 0 Å². The predicted molar refractivity (Wildman–Crippen MR) is 115 cm³/mol. The summed E-state index contributed by atoms with van der Waals surface area (Å²) >= 11 is 2.09. The van der Waals surface area contributed by atoms with E-state index in [1.165, 1.54) is 12.0 Å². The van der Waals surface area contributed by atoms with Crippen LogP contribution in [0, 0.1) is 3.57 Å². The number of carbonyl (C=O) groups is 2. The first-order chi connectivity index (χ1) is 14.0. The summed E-state index contributed by atoms with van der Waals surface area (Å²) in [6, 6.07) is 15.7. The van der Waals surface area contributed by atoms with Gasteiger partial charge in [-0.05, 0) is 40.3 Å². The molecule has 0 radical (unpaired) electrons. The lowest BCUT2D eigenvalue weighted by atomic mass is 10.0. The van der Waals surface area contributed by atoms with Crippen molar-refractivity contribution in [3.05, 3.63) is 69.3 Å². The number of carbonyl (C=O) groups excluding carboxylic acids is 2. The average Bonchev–Trinajstić information content (AvgIpc) is 2.77. The molecule has 1 fully saturated rings. The molecule has 1 aliphatic rings. The zero-order chi connectivity index (χ0) is 20.8. The van der Waals surface area contributed by atoms with Crippen LogP contribution >= 0.6 is 22.6 Å². The van der Waals surface area contributed by atoms with Crippen LogP contribution in [0.3, 0.4) is 0 Å². The van der Waals surface area contributed by atoms with Gasteiger partial charge in [0.1, 0.15) is 12.1 Å². The maximum absolute atomic E-state index is 13.3. The van der Waals surface area contributed by atoms with Crippen LogP contribution < -0.4 is 5.32 Å². The van der Waals surface area contributed by atoms with Gasteiger partial charge in [0.05, 0.1) is 18.7 Å². The topological polar surface area (TPSA) is 88.1 Å². The monoisotopic (exact) mass is 510 g/mol. The number of ether oxygens (including phenoxy) is 2. The largest absolute Gasteiger partial charge is 0.394 e. The summed E-state index contributed by atoms with van der Waals surface area (Å²) in [5.41, 5.74) is 1.42. The molecule has 2 aromatic rings. The molecule has 0 spiro atoms. The van der Waals surface area contributed by atoms with Gasteiger partial charge in [-0.1, -0.05) is 42.5 Å². The van der Waals surface area contributed by atoms with Gasteiger partial charge in [-0.2, -0.15) is 0 Å². The third-order valence-electron chi connectivity index (χ3n) is 4.75. The molecule has 1 heterocycles. The van der Waals surface area contributed by atoms with E-state index in [0.717, 1.165) is 9.13 Å². The molecule has 154 valence electrons. The van der Waals surface area contributed by atoms with Crippen molar-refractivity contribution in [2.24, 2.45) is 0 Å². The first kappa shape index (κ1) is 21.7. The number of amides is 2. The minimum Gasteiger partial charge on any atom is -0.394 e. The Kier molecular flexibility index (Phi) is 7.59. The summed E-state index contributed by atoms with van der Waals surface area (Å²) in [5.74, 6) is -0.694. The van der Waals surface area contributed by atoms with Gasteiger partial charge < -0.3 is 24.8 Å². The van der Waals surface area contributed by atoms with Crippen LogP contribution in [0.25, 0.3) is 0 Å². The van der Waals surface area contributed by atoms with Crippen LogP contribution in [0.1, 0.15) is 15.9 Å². The van der Waals surface area contributed by atoms with Crippen LogP contribution in [0.4, 0.5) is 0 Å². The highest BCUT2D eigenvalue weighted by Crippen LogP contribution is 2.24. The molecule has 8 heteroatoms. The number of rotatable bonds is 6. The number of hydrogen-bond acceptors (Lipinski definition) is 5. The SMILES string of the molecule is COC1CN(C(=O)c2ccccc2I)C(C(=O)NCc2ccccc2)C(CO)O1. The summed E-state index contributed by atoms with van der Waals surface area (Å²) in [5, 5.41) is 12.7. The van der Waals surface area contributed by atoms with Crippen LogP contribution in [0.5, 0.6) is 0 Å². The number of aliphatic hydroxyl groups excluding tert-OH is 1. The van der Waals surface area contributed by atoms with Gasteiger partial charge in [0.25, 0.3) is 5.91 Å². The fourth-order valence-corrected chi connectivity index (χ4v) is 3.88. The zero-order valence-corrected chi connectivity index (χ0v) is 18.1. The number of aliphatic hydroxyl groups is 1. The summed E-state index contributed by atoms with van der Waals surface area (Å²) in [6.07, 6.45) is -1.62. The number of nitrogens with zero attached hydrogens (tertiary/aromatic N) is 1. The van der Waals surface area contributed by atoms with Gasteiger partial charge in [-0.25, -0.2) is 0 Å². The quantitative estimate of drug-likeness (QED) is 0.579. The third-order valence-corrected chi connectivity index (χ3v) is 5.69. The van der Waals surface area contributed by atoms with E-state index in [2.05, 4.69) is 27.9 Å². The molecule has 0 saturated carbocycles. The van der Waals surface area contributed by atoms with Crippen LogP contribution in [0.15, 0.2) is 54.6 Å². The van der Waals surface area contributed by atoms with E-state index < -0.39 is 25.0 Å². The molecule has 2 aromatic carbocycles. The number of methoxy groups -OCH3 is 1. The minimum absolute atomic E-state index is 0.0836. The Morgan fingerprint density at radius 2 is 1.90 bits per heavy atom. The lowest BCUT2D eigenvalue weighted by Gasteiger charge is -2.42. The molecule has 3 atom stereocenters. The number of nitrogens with one attached hydrogen (secondary N) is 1. The standard InChI is InChI=1S/C21H23IN2O5/c1-28-18-12-24(21(27)15-9-5-6-10-16(15)22)19(17(13-25)29-18)20(26)23-11-14-7-3-2-4-8-14/h2-10,17-19,25H,11-13H2,1H3,(H,23,26). The molecule has 3 unspecified atom stereocenters. The zero-order valence-electron chi connectivity index (χ0n) is 16.0. The van der Waals surface area contributed by atoms with E-state index in [-0.39, 0.29) is 18.4 Å². The van der Waals surface area contributed by atoms with Gasteiger partial charge in [0, 0.05) is 17.2 Å². The van der Waals surface area contributed by atoms with E-state index in [4.69, 9.17) is 9.47 Å². The first-order valence-corrected chi connectivity index (χ1v) is 10.3. The Balaban J connectivity index is 1.85. The van der Waals surface area contributed by atoms with Crippen molar-refractivity contribution in [1.82, 2.24) is 10.2 Å². The van der Waals surface area contributed by atoms with Crippen molar-refractivity contribution in [3.8, 4) is 0 Å². The molecule has 0 aromatic heterocycles. The van der Waals surface area contributed by atoms with Crippen molar-refractivity contribution in [2.45, 2.75) is 25.0 Å². The highest BCUT2D eigenvalue weighted by atomic mass is 127. The Morgan fingerprint density at radius 1 is 1.21 bits per heavy atom. The van der Waals surface area contributed by atoms with Crippen LogP contribution in [-0.4, -0.2) is 60.5 Å². The van der Waals surface area contributed by atoms with Crippen molar-refractivity contribution >= 4 is 34.4 Å². The molecule has 3 rings (SSSR count). The van der Waals surface area contributed by atoms with Gasteiger partial charge in [0.15, 0.2) is 6.29 Å². The van der Waals surface area contributed by atoms with Crippen LogP contribution in [0.2, 0.25) is 0 Å². The van der Waals surface area contributed by atoms with Gasteiger partial charge in [-0.3, -0.25) is 9.59 Å². The fourth-order valence-electron chi connectivity index (χ4n) is 3.26. The average molecular weight is 510 g/mol. The van der Waals surface area contributed by atoms with E-state index in [0.29, 0.717) is 12.1 Å². The summed E-state index contributed by atoms with van der Waals surface area (Å²) in [4.78, 5) is 27.7. The Morgan fingerprint density at radius 3 is 2.55 bits per heavy atom. The van der Waals surface area contributed by atoms with Crippen molar-refractivity contribution in [3.63, 3.8) is 0 Å². The predicted octanol–water partition coefficient (Wildman–Crippen LogP) is 1.78. The summed E-state index contributed by atoms with van der Waals surface area (Å²) < 4.78 is 11.7. The summed E-state index contributed by atoms with van der Waals surface area (Å²) in [6.45, 7) is -0.0217. The number of benzene rings is 2. The number of halogens is 1. The van der Waals surface area contributed by atoms with Crippen molar-refractivity contribution < 1.29 is 24.2 Å². The van der Waals surface area contributed by atoms with E-state index in [1.807, 2.05) is 42.5 Å². The number of morpholine rings is 1. The second-order valence-corrected chi connectivity index (χ2v) is 7.77. The van der Waals surface area contributed by atoms with Crippen molar-refractivity contribution in [2.75, 3.05) is 20.3 Å². The first-order valence-electron chi connectivity index (χ1n) is 9.21. The smallest absolute Gasteiger partial charge is 0.255 e. The lowest BCUT2D eigenvalue weighted by Crippen LogP contribution is -2.63. The second-order valence-electron chi connectivity index (χ2n) is 6.61. The van der Waals surface area contributed by atoms with Gasteiger partial charge in [-0.15, -0.1) is 0 Å². The molecular formula is C21H23IN2O5. The fraction of sp³-hybridized carbons (Fsp3) is 0.333. The molecule has 0 aliphatic carbocycles. The Hall–Kier alpha value is -2.01. The molecule has 7 nitrogen and oxygen atoms in total. The molecule has 0 bridgehead atoms. The molecule has 2 N–H and O–H groups in total. The maximum atomic E-state index is 13.3. The maximum Gasteiger partial charge on any atom is 0.255 e. The highest BCUT2D eigenvalue weighted by Gasteiger charge is 2.44. The number of hydrogen-bond donors (Lipinski definition) is 2. The minimum atomic E-state index is -0.974. The Bertz CT molecular complexity index is 848. The second kappa shape index (κ2) is 10.1. The molecule has 1 saturated heterocycles. The Labute approximate surface area is 183 Å². The normalized spacial score (nSPS) is 21.6. The van der Waals surface area contributed by atoms with Crippen LogP contribution in [-0.2, 0) is 20.8 Å². The molecule has 1 aliphatic heterocycles. The molecule has 29 heavy (non-hydrogen) atoms. The molecular weight excluding hydrogens is 487 g/mol. The van der Waals surface area contributed by atoms with Gasteiger partial charge in [0.2, 0.25) is 5.91 Å². The molecule has 2 amide bonds. The van der Waals surface area contributed by atoms with Crippen molar-refractivity contribution in [1.29, 1.82) is 0 Å². The van der Waals surface area contributed by atoms with E-state index in [1.54, 1.807) is 12.1 Å².